The number of allylic oxidation sites excluding steroid dienone is 1. The number of nitriles is 1. The molecule has 35 heavy (non-hydrogen) atoms. The van der Waals surface area contributed by atoms with Crippen molar-refractivity contribution in [3.8, 4) is 17.2 Å². The Morgan fingerprint density at radius 1 is 1.20 bits per heavy atom. The van der Waals surface area contributed by atoms with Crippen LogP contribution in [0.4, 0.5) is 13.6 Å². The monoisotopic (exact) mass is 480 g/mol. The fourth-order valence-electron chi connectivity index (χ4n) is 3.52. The van der Waals surface area contributed by atoms with Gasteiger partial charge in [0.1, 0.15) is 6.61 Å². The molecule has 0 saturated carbocycles. The number of nitrogens with one attached hydrogen (secondary N) is 1. The molecule has 0 aliphatic rings. The highest BCUT2D eigenvalue weighted by Crippen LogP contribution is 2.32. The smallest absolute Gasteiger partial charge is 0.408 e. The van der Waals surface area contributed by atoms with Crippen molar-refractivity contribution in [2.75, 3.05) is 0 Å². The number of aliphatic carboxylic acids is 1. The molecule has 0 unspecified atom stereocenters. The second-order valence-electron chi connectivity index (χ2n) is 7.76. The van der Waals surface area contributed by atoms with Crippen LogP contribution < -0.4 is 5.32 Å². The van der Waals surface area contributed by atoms with Gasteiger partial charge in [-0.1, -0.05) is 60.2 Å². The van der Waals surface area contributed by atoms with Crippen LogP contribution in [0.15, 0.2) is 78.6 Å². The van der Waals surface area contributed by atoms with Crippen LogP contribution in [-0.4, -0.2) is 26.9 Å². The number of carbonyl (C=O) groups is 2. The Bertz CT molecular complexity index is 1250. The molecule has 3 rings (SSSR count). The largest absolute Gasteiger partial charge is 0.479 e. The van der Waals surface area contributed by atoms with Crippen molar-refractivity contribution in [2.45, 2.75) is 32.0 Å². The quantitative estimate of drug-likeness (QED) is 0.416. The molecule has 180 valence electrons. The Labute approximate surface area is 200 Å². The van der Waals surface area contributed by atoms with Crippen molar-refractivity contribution in [2.24, 2.45) is 0 Å². The van der Waals surface area contributed by atoms with Crippen LogP contribution in [0.5, 0.6) is 0 Å². The van der Waals surface area contributed by atoms with Crippen molar-refractivity contribution >= 4 is 12.1 Å². The van der Waals surface area contributed by atoms with Gasteiger partial charge in [-0.25, -0.2) is 14.3 Å². The van der Waals surface area contributed by atoms with E-state index in [-0.39, 0.29) is 18.6 Å². The lowest BCUT2D eigenvalue weighted by Gasteiger charge is -2.31. The fraction of sp³-hybridized carbons (Fsp3) is 0.200. The van der Waals surface area contributed by atoms with Gasteiger partial charge in [0.2, 0.25) is 0 Å². The summed E-state index contributed by atoms with van der Waals surface area (Å²) in [5.74, 6) is -1.36. The summed E-state index contributed by atoms with van der Waals surface area (Å²) in [6.45, 7) is -1.28. The van der Waals surface area contributed by atoms with Crippen molar-refractivity contribution < 1.29 is 28.2 Å². The molecule has 1 amide bonds. The minimum Gasteiger partial charge on any atom is -0.479 e. The maximum Gasteiger partial charge on any atom is 0.408 e. The summed E-state index contributed by atoms with van der Waals surface area (Å²) in [5.41, 5.74) is 0.330. The van der Waals surface area contributed by atoms with E-state index in [2.05, 4.69) is 10.4 Å². The van der Waals surface area contributed by atoms with Crippen molar-refractivity contribution in [1.82, 2.24) is 15.1 Å². The first-order chi connectivity index (χ1) is 16.7. The van der Waals surface area contributed by atoms with Gasteiger partial charge in [0.05, 0.1) is 12.3 Å². The average molecular weight is 480 g/mol. The molecule has 0 fully saturated rings. The molecular weight excluding hydrogens is 458 g/mol. The molecule has 8 nitrogen and oxygen atoms in total. The zero-order valence-corrected chi connectivity index (χ0v) is 18.7. The van der Waals surface area contributed by atoms with Crippen LogP contribution in [-0.2, 0) is 21.7 Å². The number of aromatic nitrogens is 2. The maximum atomic E-state index is 12.8. The standard InChI is InChI=1S/C25H22F2N4O4/c1-17(11-12-28)13-25(22(32)33,30-24(34)35-16-18-5-3-2-4-6-18)21-9-7-19(8-10-21)20-14-29-31(15-20)23(26)27/h2-11,14-15,23H,13,16H2,1H3,(H,30,34)(H,32,33)/t25-/m1/s1. The van der Waals surface area contributed by atoms with Gasteiger partial charge in [0.25, 0.3) is 0 Å². The lowest BCUT2D eigenvalue weighted by molar-refractivity contribution is -0.145. The van der Waals surface area contributed by atoms with Gasteiger partial charge in [-0.05, 0) is 23.6 Å². The number of ether oxygens (including phenoxy) is 1. The SMILES string of the molecule is CC(=CC#N)C[C@](NC(=O)OCc1ccccc1)(C(=O)O)c1ccc(-c2cnn(C(F)F)c2)cc1. The highest BCUT2D eigenvalue weighted by molar-refractivity contribution is 5.86. The first-order valence-corrected chi connectivity index (χ1v) is 10.5. The molecule has 1 heterocycles. The van der Waals surface area contributed by atoms with Crippen LogP contribution in [0.25, 0.3) is 11.1 Å². The molecule has 1 aromatic heterocycles. The van der Waals surface area contributed by atoms with Crippen molar-refractivity contribution in [1.29, 1.82) is 5.26 Å². The number of hydrogen-bond donors (Lipinski definition) is 2. The normalized spacial score (nSPS) is 13.1. The molecule has 0 aliphatic carbocycles. The minimum absolute atomic E-state index is 0.0670. The number of halogens is 2. The topological polar surface area (TPSA) is 117 Å². The Kier molecular flexibility index (Phi) is 7.94. The number of alkyl halides is 2. The van der Waals surface area contributed by atoms with Crippen LogP contribution in [0, 0.1) is 11.3 Å². The summed E-state index contributed by atoms with van der Waals surface area (Å²) in [6, 6.07) is 16.8. The van der Waals surface area contributed by atoms with E-state index in [1.54, 1.807) is 43.3 Å². The molecule has 2 N–H and O–H groups in total. The number of carbonyl (C=O) groups excluding carboxylic acids is 1. The number of carboxylic acids is 1. The summed E-state index contributed by atoms with van der Waals surface area (Å²) in [6.07, 6.45) is 2.47. The zero-order chi connectivity index (χ0) is 25.4. The number of benzene rings is 2. The number of amides is 1. The highest BCUT2D eigenvalue weighted by atomic mass is 19.3. The van der Waals surface area contributed by atoms with E-state index in [1.165, 1.54) is 30.6 Å². The van der Waals surface area contributed by atoms with Gasteiger partial charge in [0, 0.05) is 24.3 Å². The molecule has 0 radical (unpaired) electrons. The molecule has 0 spiro atoms. The van der Waals surface area contributed by atoms with E-state index in [4.69, 9.17) is 10.00 Å². The van der Waals surface area contributed by atoms with Gasteiger partial charge in [-0.3, -0.25) is 0 Å². The molecule has 0 saturated heterocycles. The van der Waals surface area contributed by atoms with Crippen LogP contribution in [0.2, 0.25) is 0 Å². The number of carboxylic acid groups (broad SMARTS) is 1. The van der Waals surface area contributed by atoms with Crippen LogP contribution >= 0.6 is 0 Å². The first kappa shape index (κ1) is 25.1. The Hall–Kier alpha value is -4.52. The second kappa shape index (κ2) is 11.1. The predicted octanol–water partition coefficient (Wildman–Crippen LogP) is 5.01. The van der Waals surface area contributed by atoms with E-state index in [0.717, 1.165) is 5.56 Å². The van der Waals surface area contributed by atoms with Crippen LogP contribution in [0.1, 0.15) is 31.0 Å². The van der Waals surface area contributed by atoms with Gasteiger partial charge in [0.15, 0.2) is 5.54 Å². The number of rotatable bonds is 9. The Morgan fingerprint density at radius 3 is 2.46 bits per heavy atom. The molecule has 3 aromatic rings. The van der Waals surface area contributed by atoms with E-state index < -0.39 is 24.2 Å². The lowest BCUT2D eigenvalue weighted by Crippen LogP contribution is -2.52. The van der Waals surface area contributed by atoms with Gasteiger partial charge < -0.3 is 15.2 Å². The second-order valence-corrected chi connectivity index (χ2v) is 7.76. The minimum atomic E-state index is -2.79. The lowest BCUT2D eigenvalue weighted by atomic mass is 9.83. The summed E-state index contributed by atoms with van der Waals surface area (Å²) in [7, 11) is 0. The molecule has 1 atom stereocenters. The van der Waals surface area contributed by atoms with E-state index >= 15 is 0 Å². The summed E-state index contributed by atoms with van der Waals surface area (Å²) < 4.78 is 31.4. The van der Waals surface area contributed by atoms with Gasteiger partial charge in [-0.2, -0.15) is 19.1 Å². The number of hydrogen-bond acceptors (Lipinski definition) is 5. The Balaban J connectivity index is 1.92. The fourth-order valence-corrected chi connectivity index (χ4v) is 3.52. The summed E-state index contributed by atoms with van der Waals surface area (Å²) in [4.78, 5) is 25.2. The third-order valence-corrected chi connectivity index (χ3v) is 5.26. The summed E-state index contributed by atoms with van der Waals surface area (Å²) >= 11 is 0. The third kappa shape index (κ3) is 6.09. The molecule has 10 heteroatoms. The van der Waals surface area contributed by atoms with Crippen LogP contribution in [0.3, 0.4) is 0 Å². The van der Waals surface area contributed by atoms with E-state index in [1.807, 2.05) is 12.1 Å². The van der Waals surface area contributed by atoms with Gasteiger partial charge >= 0.3 is 18.6 Å². The van der Waals surface area contributed by atoms with E-state index in [9.17, 15) is 23.5 Å². The first-order valence-electron chi connectivity index (χ1n) is 10.5. The highest BCUT2D eigenvalue weighted by Gasteiger charge is 2.43. The average Bonchev–Trinajstić information content (AvgIpc) is 3.34. The predicted molar refractivity (Wildman–Crippen MR) is 122 cm³/mol. The summed E-state index contributed by atoms with van der Waals surface area (Å²) in [5, 5.41) is 25.2. The van der Waals surface area contributed by atoms with Crippen molar-refractivity contribution in [3.63, 3.8) is 0 Å². The van der Waals surface area contributed by atoms with Gasteiger partial charge in [-0.15, -0.1) is 0 Å². The Morgan fingerprint density at radius 2 is 1.89 bits per heavy atom. The maximum absolute atomic E-state index is 12.8. The number of nitrogens with zero attached hydrogens (tertiary/aromatic N) is 3. The third-order valence-electron chi connectivity index (χ3n) is 5.26. The number of alkyl carbamates (subject to hydrolysis) is 1. The molecule has 0 aliphatic heterocycles. The molecule has 2 aromatic carbocycles. The molecular formula is C25H22F2N4O4. The van der Waals surface area contributed by atoms with E-state index in [0.29, 0.717) is 21.4 Å². The zero-order valence-electron chi connectivity index (χ0n) is 18.7. The van der Waals surface area contributed by atoms with Crippen molar-refractivity contribution in [3.05, 3.63) is 89.8 Å². The molecule has 0 bridgehead atoms.